The molecule has 0 radical (unpaired) electrons. The second-order valence-electron chi connectivity index (χ2n) is 3.73. The lowest BCUT2D eigenvalue weighted by Crippen LogP contribution is -2.49. The molecule has 1 fully saturated rings. The summed E-state index contributed by atoms with van der Waals surface area (Å²) in [6.45, 7) is 5.04. The first kappa shape index (κ1) is 15.5. The van der Waals surface area contributed by atoms with Crippen molar-refractivity contribution in [1.82, 2.24) is 5.32 Å². The Morgan fingerprint density at radius 1 is 1.38 bits per heavy atom. The highest BCUT2D eigenvalue weighted by atomic mass is 35.5. The van der Waals surface area contributed by atoms with Crippen molar-refractivity contribution < 1.29 is 4.39 Å². The molecule has 0 aromatic heterocycles. The topological polar surface area (TPSA) is 15.3 Å². The van der Waals surface area contributed by atoms with E-state index in [1.807, 2.05) is 6.07 Å². The highest BCUT2D eigenvalue weighted by molar-refractivity contribution is 5.85. The molecule has 1 unspecified atom stereocenters. The maximum Gasteiger partial charge on any atom is 0.125 e. The molecule has 0 spiro atoms. The Kier molecular flexibility index (Phi) is 6.72. The van der Waals surface area contributed by atoms with Crippen LogP contribution in [0.4, 0.5) is 10.1 Å². The van der Waals surface area contributed by atoms with E-state index < -0.39 is 0 Å². The molecule has 1 aliphatic heterocycles. The molecule has 0 aliphatic carbocycles. The molecule has 1 saturated heterocycles. The van der Waals surface area contributed by atoms with Crippen LogP contribution in [0.3, 0.4) is 0 Å². The van der Waals surface area contributed by atoms with Crippen LogP contribution in [0.2, 0.25) is 0 Å². The van der Waals surface area contributed by atoms with Gasteiger partial charge < -0.3 is 10.2 Å². The van der Waals surface area contributed by atoms with Gasteiger partial charge in [-0.3, -0.25) is 0 Å². The Balaban J connectivity index is 0.00000112. The van der Waals surface area contributed by atoms with Gasteiger partial charge in [-0.1, -0.05) is 6.07 Å². The van der Waals surface area contributed by atoms with Gasteiger partial charge in [-0.25, -0.2) is 4.39 Å². The van der Waals surface area contributed by atoms with Crippen molar-refractivity contribution in [2.24, 2.45) is 0 Å². The molecule has 2 nitrogen and oxygen atoms in total. The molecule has 0 amide bonds. The van der Waals surface area contributed by atoms with Crippen LogP contribution in [0.15, 0.2) is 24.3 Å². The van der Waals surface area contributed by atoms with Gasteiger partial charge >= 0.3 is 0 Å². The van der Waals surface area contributed by atoms with Crippen molar-refractivity contribution in [3.8, 4) is 0 Å². The number of halogens is 3. The van der Waals surface area contributed by atoms with Gasteiger partial charge in [-0.05, 0) is 25.1 Å². The van der Waals surface area contributed by atoms with Crippen LogP contribution in [0.25, 0.3) is 0 Å². The van der Waals surface area contributed by atoms with E-state index in [0.29, 0.717) is 6.04 Å². The third-order valence-corrected chi connectivity index (χ3v) is 2.64. The molecule has 1 aromatic carbocycles. The van der Waals surface area contributed by atoms with E-state index in [-0.39, 0.29) is 30.6 Å². The molecule has 1 N–H and O–H groups in total. The van der Waals surface area contributed by atoms with Gasteiger partial charge in [0.1, 0.15) is 5.82 Å². The second kappa shape index (κ2) is 6.94. The Morgan fingerprint density at radius 2 is 2.12 bits per heavy atom. The first-order valence-electron chi connectivity index (χ1n) is 5.00. The third-order valence-electron chi connectivity index (χ3n) is 2.64. The summed E-state index contributed by atoms with van der Waals surface area (Å²) < 4.78 is 13.0. The third kappa shape index (κ3) is 3.51. The maximum atomic E-state index is 13.0. The van der Waals surface area contributed by atoms with Crippen LogP contribution in [0.5, 0.6) is 0 Å². The average molecular weight is 267 g/mol. The van der Waals surface area contributed by atoms with Crippen molar-refractivity contribution >= 4 is 30.5 Å². The van der Waals surface area contributed by atoms with E-state index in [1.54, 1.807) is 12.1 Å². The Morgan fingerprint density at radius 3 is 2.75 bits per heavy atom. The van der Waals surface area contributed by atoms with Crippen LogP contribution in [0, 0.1) is 5.82 Å². The molecular weight excluding hydrogens is 250 g/mol. The van der Waals surface area contributed by atoms with E-state index in [4.69, 9.17) is 0 Å². The Bertz CT molecular complexity index is 323. The van der Waals surface area contributed by atoms with E-state index in [2.05, 4.69) is 17.1 Å². The standard InChI is InChI=1S/C11H15FN2.2ClH/c1-9-8-13-5-6-14(9)11-4-2-3-10(12)7-11;;/h2-4,7,9,13H,5-6,8H2,1H3;2*1H. The van der Waals surface area contributed by atoms with Gasteiger partial charge in [0.15, 0.2) is 0 Å². The van der Waals surface area contributed by atoms with E-state index in [0.717, 1.165) is 25.3 Å². The minimum Gasteiger partial charge on any atom is -0.366 e. The molecular formula is C11H17Cl2FN2. The lowest BCUT2D eigenvalue weighted by atomic mass is 10.2. The molecule has 2 rings (SSSR count). The number of anilines is 1. The van der Waals surface area contributed by atoms with Crippen LogP contribution >= 0.6 is 24.8 Å². The zero-order chi connectivity index (χ0) is 9.97. The molecule has 1 aliphatic rings. The fourth-order valence-electron chi connectivity index (χ4n) is 1.88. The number of nitrogens with one attached hydrogen (secondary N) is 1. The summed E-state index contributed by atoms with van der Waals surface area (Å²) in [4.78, 5) is 2.24. The van der Waals surface area contributed by atoms with Gasteiger partial charge in [0.05, 0.1) is 0 Å². The fraction of sp³-hybridized carbons (Fsp3) is 0.455. The lowest BCUT2D eigenvalue weighted by molar-refractivity contribution is 0.499. The van der Waals surface area contributed by atoms with Gasteiger partial charge in [0, 0.05) is 31.4 Å². The van der Waals surface area contributed by atoms with Crippen LogP contribution in [0.1, 0.15) is 6.92 Å². The summed E-state index contributed by atoms with van der Waals surface area (Å²) in [7, 11) is 0. The van der Waals surface area contributed by atoms with Crippen LogP contribution < -0.4 is 10.2 Å². The summed E-state index contributed by atoms with van der Waals surface area (Å²) in [5, 5.41) is 3.31. The minimum absolute atomic E-state index is 0. The smallest absolute Gasteiger partial charge is 0.125 e. The SMILES string of the molecule is CC1CNCCN1c1cccc(F)c1.Cl.Cl. The molecule has 16 heavy (non-hydrogen) atoms. The van der Waals surface area contributed by atoms with E-state index in [9.17, 15) is 4.39 Å². The summed E-state index contributed by atoms with van der Waals surface area (Å²) >= 11 is 0. The lowest BCUT2D eigenvalue weighted by Gasteiger charge is -2.35. The predicted octanol–water partition coefficient (Wildman–Crippen LogP) is 2.47. The van der Waals surface area contributed by atoms with Gasteiger partial charge in [-0.2, -0.15) is 0 Å². The Hall–Kier alpha value is -0.510. The monoisotopic (exact) mass is 266 g/mol. The molecule has 92 valence electrons. The van der Waals surface area contributed by atoms with Crippen molar-refractivity contribution in [1.29, 1.82) is 0 Å². The maximum absolute atomic E-state index is 13.0. The molecule has 5 heteroatoms. The number of benzene rings is 1. The number of hydrogen-bond acceptors (Lipinski definition) is 2. The fourth-order valence-corrected chi connectivity index (χ4v) is 1.88. The summed E-state index contributed by atoms with van der Waals surface area (Å²) in [5.74, 6) is -0.159. The van der Waals surface area contributed by atoms with Crippen LogP contribution in [-0.4, -0.2) is 25.7 Å². The first-order valence-corrected chi connectivity index (χ1v) is 5.00. The van der Waals surface area contributed by atoms with Crippen molar-refractivity contribution in [3.05, 3.63) is 30.1 Å². The Labute approximate surface area is 108 Å². The van der Waals surface area contributed by atoms with Gasteiger partial charge in [0.25, 0.3) is 0 Å². The summed E-state index contributed by atoms with van der Waals surface area (Å²) in [6.07, 6.45) is 0. The highest BCUT2D eigenvalue weighted by Crippen LogP contribution is 2.18. The number of hydrogen-bond donors (Lipinski definition) is 1. The zero-order valence-electron chi connectivity index (χ0n) is 9.15. The normalized spacial score (nSPS) is 19.6. The molecule has 0 saturated carbocycles. The van der Waals surface area contributed by atoms with Crippen molar-refractivity contribution in [2.45, 2.75) is 13.0 Å². The largest absolute Gasteiger partial charge is 0.366 e. The van der Waals surface area contributed by atoms with Crippen molar-refractivity contribution in [3.63, 3.8) is 0 Å². The van der Waals surface area contributed by atoms with E-state index >= 15 is 0 Å². The summed E-state index contributed by atoms with van der Waals surface area (Å²) in [5.41, 5.74) is 0.985. The van der Waals surface area contributed by atoms with Gasteiger partial charge in [0.2, 0.25) is 0 Å². The molecule has 1 atom stereocenters. The quantitative estimate of drug-likeness (QED) is 0.840. The molecule has 1 heterocycles. The molecule has 0 bridgehead atoms. The second-order valence-corrected chi connectivity index (χ2v) is 3.73. The number of nitrogens with zero attached hydrogens (tertiary/aromatic N) is 1. The van der Waals surface area contributed by atoms with Crippen LogP contribution in [-0.2, 0) is 0 Å². The van der Waals surface area contributed by atoms with E-state index in [1.165, 1.54) is 6.07 Å². The average Bonchev–Trinajstić information content (AvgIpc) is 2.18. The molecule has 1 aromatic rings. The summed E-state index contributed by atoms with van der Waals surface area (Å²) in [6, 6.07) is 7.24. The van der Waals surface area contributed by atoms with Gasteiger partial charge in [-0.15, -0.1) is 24.8 Å². The van der Waals surface area contributed by atoms with Crippen molar-refractivity contribution in [2.75, 3.05) is 24.5 Å². The first-order chi connectivity index (χ1) is 6.77. The number of piperazine rings is 1. The zero-order valence-corrected chi connectivity index (χ0v) is 10.8. The minimum atomic E-state index is -0.159. The predicted molar refractivity (Wildman–Crippen MR) is 70.6 cm³/mol. The number of rotatable bonds is 1. The highest BCUT2D eigenvalue weighted by Gasteiger charge is 2.17.